The lowest BCUT2D eigenvalue weighted by molar-refractivity contribution is 0.473. The van der Waals surface area contributed by atoms with Crippen LogP contribution in [-0.4, -0.2) is 19.6 Å². The van der Waals surface area contributed by atoms with Gasteiger partial charge in [0.25, 0.3) is 0 Å². The Kier molecular flexibility index (Phi) is 5.73. The summed E-state index contributed by atoms with van der Waals surface area (Å²) < 4.78 is 2.04. The smallest absolute Gasteiger partial charge is 0.146 e. The Labute approximate surface area is 220 Å². The van der Waals surface area contributed by atoms with E-state index in [9.17, 15) is 5.11 Å². The molecule has 0 aliphatic heterocycles. The Hall–Kier alpha value is -4.09. The molecule has 182 valence electrons. The van der Waals surface area contributed by atoms with Crippen LogP contribution in [0.25, 0.3) is 39.0 Å². The van der Waals surface area contributed by atoms with Crippen LogP contribution in [0.3, 0.4) is 0 Å². The second-order valence-corrected chi connectivity index (χ2v) is 11.2. The molecule has 3 heterocycles. The summed E-state index contributed by atoms with van der Waals surface area (Å²) in [5, 5.41) is 13.8. The molecule has 37 heavy (non-hydrogen) atoms. The van der Waals surface area contributed by atoms with Crippen LogP contribution in [0.5, 0.6) is 5.75 Å². The number of benzene rings is 3. The Balaban J connectivity index is 1.57. The second-order valence-electron chi connectivity index (χ2n) is 10.2. The number of hydrogen-bond donors (Lipinski definition) is 1. The summed E-state index contributed by atoms with van der Waals surface area (Å²) in [6.07, 6.45) is 0. The zero-order chi connectivity index (χ0) is 25.6. The summed E-state index contributed by atoms with van der Waals surface area (Å²) >= 11 is 1.66. The normalized spacial score (nSPS) is 11.9. The van der Waals surface area contributed by atoms with Crippen molar-refractivity contribution in [2.45, 2.75) is 36.1 Å². The number of rotatable bonds is 4. The molecule has 0 amide bonds. The van der Waals surface area contributed by atoms with E-state index in [4.69, 9.17) is 9.97 Å². The largest absolute Gasteiger partial charge is 0.506 e. The van der Waals surface area contributed by atoms with E-state index >= 15 is 0 Å². The van der Waals surface area contributed by atoms with Gasteiger partial charge in [-0.2, -0.15) is 0 Å². The van der Waals surface area contributed by atoms with Gasteiger partial charge in [-0.05, 0) is 65.6 Å². The van der Waals surface area contributed by atoms with Gasteiger partial charge in [0, 0.05) is 15.7 Å². The highest BCUT2D eigenvalue weighted by atomic mass is 32.2. The molecule has 4 nitrogen and oxygen atoms in total. The number of fused-ring (bicyclic) bond motifs is 3. The third-order valence-electron chi connectivity index (χ3n) is 6.54. The molecule has 6 aromatic rings. The molecule has 0 aliphatic rings. The van der Waals surface area contributed by atoms with E-state index in [1.165, 1.54) is 5.56 Å². The highest BCUT2D eigenvalue weighted by Gasteiger charge is 2.20. The highest BCUT2D eigenvalue weighted by Crippen LogP contribution is 2.37. The minimum Gasteiger partial charge on any atom is -0.506 e. The van der Waals surface area contributed by atoms with Crippen molar-refractivity contribution in [1.29, 1.82) is 0 Å². The van der Waals surface area contributed by atoms with Gasteiger partial charge in [-0.3, -0.25) is 4.57 Å². The first-order valence-corrected chi connectivity index (χ1v) is 13.1. The molecule has 3 aromatic heterocycles. The third kappa shape index (κ3) is 4.36. The summed E-state index contributed by atoms with van der Waals surface area (Å²) in [6.45, 7) is 6.65. The lowest BCUT2D eigenvalue weighted by atomic mass is 9.87. The van der Waals surface area contributed by atoms with Crippen LogP contribution in [0.2, 0.25) is 0 Å². The molecule has 0 saturated carbocycles. The molecule has 5 heteroatoms. The van der Waals surface area contributed by atoms with Crippen molar-refractivity contribution in [3.63, 3.8) is 0 Å². The first-order valence-electron chi connectivity index (χ1n) is 12.3. The van der Waals surface area contributed by atoms with Crippen molar-refractivity contribution in [1.82, 2.24) is 14.5 Å². The van der Waals surface area contributed by atoms with Gasteiger partial charge in [0.2, 0.25) is 0 Å². The van der Waals surface area contributed by atoms with Gasteiger partial charge < -0.3 is 5.11 Å². The number of nitrogens with zero attached hydrogens (tertiary/aromatic N) is 3. The van der Waals surface area contributed by atoms with Crippen LogP contribution in [-0.2, 0) is 5.41 Å². The first-order chi connectivity index (χ1) is 17.9. The predicted molar refractivity (Wildman–Crippen MR) is 153 cm³/mol. The summed E-state index contributed by atoms with van der Waals surface area (Å²) in [6, 6.07) is 34.4. The van der Waals surface area contributed by atoms with Crippen LogP contribution in [0.15, 0.2) is 113 Å². The number of phenolic OH excluding ortho intramolecular Hbond substituents is 1. The minimum absolute atomic E-state index is 0.0431. The van der Waals surface area contributed by atoms with Crippen molar-refractivity contribution in [3.05, 3.63) is 109 Å². The van der Waals surface area contributed by atoms with Crippen molar-refractivity contribution in [2.24, 2.45) is 0 Å². The summed E-state index contributed by atoms with van der Waals surface area (Å²) in [7, 11) is 0. The van der Waals surface area contributed by atoms with Gasteiger partial charge >= 0.3 is 0 Å². The van der Waals surface area contributed by atoms with E-state index in [2.05, 4.69) is 69.3 Å². The van der Waals surface area contributed by atoms with Gasteiger partial charge in [-0.1, -0.05) is 81.1 Å². The van der Waals surface area contributed by atoms with Gasteiger partial charge in [0.05, 0.1) is 22.6 Å². The van der Waals surface area contributed by atoms with E-state index in [-0.39, 0.29) is 11.2 Å². The molecule has 3 aromatic carbocycles. The highest BCUT2D eigenvalue weighted by molar-refractivity contribution is 7.99. The zero-order valence-electron chi connectivity index (χ0n) is 21.0. The lowest BCUT2D eigenvalue weighted by Crippen LogP contribution is -2.12. The van der Waals surface area contributed by atoms with Gasteiger partial charge in [-0.15, -0.1) is 0 Å². The summed E-state index contributed by atoms with van der Waals surface area (Å²) in [5.41, 5.74) is 5.29. The van der Waals surface area contributed by atoms with Crippen molar-refractivity contribution in [3.8, 4) is 22.8 Å². The van der Waals surface area contributed by atoms with Gasteiger partial charge in [-0.25, -0.2) is 9.97 Å². The maximum absolute atomic E-state index is 10.7. The minimum atomic E-state index is -0.0431. The monoisotopic (exact) mass is 501 g/mol. The molecule has 0 spiro atoms. The number of pyridine rings is 2. The molecule has 6 rings (SSSR count). The topological polar surface area (TPSA) is 50.9 Å². The fraction of sp³-hybridized carbons (Fsp3) is 0.125. The zero-order valence-corrected chi connectivity index (χ0v) is 21.8. The Morgan fingerprint density at radius 2 is 1.43 bits per heavy atom. The Morgan fingerprint density at radius 3 is 2.22 bits per heavy atom. The lowest BCUT2D eigenvalue weighted by Gasteiger charge is -2.20. The third-order valence-corrected chi connectivity index (χ3v) is 7.47. The average molecular weight is 502 g/mol. The average Bonchev–Trinajstić information content (AvgIpc) is 3.22. The van der Waals surface area contributed by atoms with Gasteiger partial charge in [0.1, 0.15) is 16.4 Å². The Bertz CT molecular complexity index is 1750. The molecule has 0 fully saturated rings. The van der Waals surface area contributed by atoms with Crippen LogP contribution < -0.4 is 0 Å². The molecular weight excluding hydrogens is 474 g/mol. The molecule has 0 saturated heterocycles. The van der Waals surface area contributed by atoms with E-state index in [1.807, 2.05) is 53.1 Å². The van der Waals surface area contributed by atoms with E-state index in [1.54, 1.807) is 17.8 Å². The number of aromatic nitrogens is 3. The second kappa shape index (κ2) is 9.09. The maximum atomic E-state index is 10.7. The Morgan fingerprint density at radius 1 is 0.703 bits per heavy atom. The quantitative estimate of drug-likeness (QED) is 0.263. The summed E-state index contributed by atoms with van der Waals surface area (Å²) in [5.74, 6) is 0.215. The fourth-order valence-corrected chi connectivity index (χ4v) is 5.47. The maximum Gasteiger partial charge on any atom is 0.146 e. The molecule has 0 bridgehead atoms. The standard InChI is InChI=1S/C32H27N3OS/c1-32(2,3)21-19-26(33-30(20-21)37-22-11-5-4-6-12-22)25-18-17-24-23-13-7-8-14-27(23)35(31(24)34-25)28-15-9-10-16-29(28)36/h4-20,36H,1-3H3. The number of para-hydroxylation sites is 3. The molecule has 0 aliphatic carbocycles. The fourth-order valence-electron chi connectivity index (χ4n) is 4.61. The van der Waals surface area contributed by atoms with Gasteiger partial charge in [0.15, 0.2) is 0 Å². The van der Waals surface area contributed by atoms with E-state index in [0.717, 1.165) is 43.2 Å². The summed E-state index contributed by atoms with van der Waals surface area (Å²) in [4.78, 5) is 11.3. The molecule has 0 unspecified atom stereocenters. The van der Waals surface area contributed by atoms with Crippen LogP contribution >= 0.6 is 11.8 Å². The van der Waals surface area contributed by atoms with Crippen molar-refractivity contribution < 1.29 is 5.11 Å². The van der Waals surface area contributed by atoms with Crippen molar-refractivity contribution in [2.75, 3.05) is 0 Å². The van der Waals surface area contributed by atoms with E-state index in [0.29, 0.717) is 5.69 Å². The SMILES string of the molecule is CC(C)(C)c1cc(Sc2ccccc2)nc(-c2ccc3c4ccccc4n(-c4ccccc4O)c3n2)c1. The molecule has 0 radical (unpaired) electrons. The van der Waals surface area contributed by atoms with E-state index < -0.39 is 0 Å². The molecule has 1 N–H and O–H groups in total. The van der Waals surface area contributed by atoms with Crippen LogP contribution in [0.1, 0.15) is 26.3 Å². The number of phenols is 1. The first kappa shape index (κ1) is 23.3. The van der Waals surface area contributed by atoms with Crippen molar-refractivity contribution >= 4 is 33.7 Å². The molecule has 0 atom stereocenters. The predicted octanol–water partition coefficient (Wildman–Crippen LogP) is 8.40. The molecular formula is C32H27N3OS. The number of hydrogen-bond acceptors (Lipinski definition) is 4. The number of aromatic hydroxyl groups is 1. The van der Waals surface area contributed by atoms with Crippen LogP contribution in [0, 0.1) is 0 Å². The van der Waals surface area contributed by atoms with Crippen LogP contribution in [0.4, 0.5) is 0 Å².